The predicted octanol–water partition coefficient (Wildman–Crippen LogP) is 8.53. The molecular weight excluding hydrogens is 1080 g/mol. The third-order valence-corrected chi connectivity index (χ3v) is 10.9. The molecule has 0 saturated heterocycles. The smallest absolute Gasteiger partial charge is 0.408 e. The lowest BCUT2D eigenvalue weighted by atomic mass is 10.1. The van der Waals surface area contributed by atoms with Crippen molar-refractivity contribution in [3.8, 4) is 0 Å². The molecule has 83 heavy (non-hydrogen) atoms. The average molecular weight is 1190 g/mol. The van der Waals surface area contributed by atoms with Crippen molar-refractivity contribution in [3.05, 3.63) is 12.3 Å². The Morgan fingerprint density at radius 2 is 0.771 bits per heavy atom. The molecule has 482 valence electrons. The van der Waals surface area contributed by atoms with E-state index in [-0.39, 0.29) is 45.2 Å². The molecule has 0 heterocycles. The summed E-state index contributed by atoms with van der Waals surface area (Å²) in [6.07, 6.45) is 8.10. The highest BCUT2D eigenvalue weighted by atomic mass is 16.6. The standard InChI is InChI=1S/C57H106N8O18/c1-42(2)74-35-27-56(11,12)82-50(70)62-33-25-19-17-23-31-60-47(67)77-39-44(64-52(72)80-54(5,6)7)38-76-46(66)37-58-29-21-15-16-22-30-59-48(68)78-40-45(65-53(73)81-55(8,9)10)41-79-49(69)61-32-24-18-20-26-34-63-51(71)83-57(13,14)28-36-75-43(3)4/h27,35,42-45,58H,15-26,28-34,36-41H2,1-14H3,(H,59,68)(H,60,67)(H,61,69)(H,62,70)(H,63,71)(H,64,72)(H,65,73)/b35-27+/t44-,45+/m0/s1. The number of alkyl carbamates (subject to hydrolysis) is 7. The van der Waals surface area contributed by atoms with Crippen molar-refractivity contribution < 1.29 is 85.7 Å². The Hall–Kier alpha value is -6.18. The van der Waals surface area contributed by atoms with Crippen LogP contribution < -0.4 is 42.5 Å². The Morgan fingerprint density at radius 1 is 0.410 bits per heavy atom. The van der Waals surface area contributed by atoms with Gasteiger partial charge in [-0.05, 0) is 148 Å². The first-order chi connectivity index (χ1) is 38.8. The molecule has 0 aliphatic carbocycles. The number of rotatable bonds is 42. The third kappa shape index (κ3) is 51.2. The van der Waals surface area contributed by atoms with E-state index in [2.05, 4.69) is 42.5 Å². The van der Waals surface area contributed by atoms with Gasteiger partial charge in [-0.1, -0.05) is 38.5 Å². The quantitative estimate of drug-likeness (QED) is 0.0123. The van der Waals surface area contributed by atoms with Gasteiger partial charge in [0.1, 0.15) is 60.9 Å². The SMILES string of the molecule is CC(C)O/C=C/C(C)(C)OC(=O)NCCCCCCNC(=O)OC[C@H](COC(=O)CNCCCCCCNC(=O)OC[C@H](COC(=O)NCCCCCCNC(=O)OC(C)(C)CCOC(C)C)NC(=O)OC(C)(C)C)NC(=O)OC(C)(C)C. The summed E-state index contributed by atoms with van der Waals surface area (Å²) in [5.74, 6) is -0.582. The molecule has 0 spiro atoms. The van der Waals surface area contributed by atoms with Gasteiger partial charge in [-0.2, -0.15) is 0 Å². The zero-order valence-electron chi connectivity index (χ0n) is 52.5. The Kier molecular flexibility index (Phi) is 40.2. The summed E-state index contributed by atoms with van der Waals surface area (Å²) in [6.45, 7) is 26.7. The van der Waals surface area contributed by atoms with Gasteiger partial charge in [0, 0.05) is 39.1 Å². The van der Waals surface area contributed by atoms with Crippen LogP contribution in [0.3, 0.4) is 0 Å². The second kappa shape index (κ2) is 43.5. The van der Waals surface area contributed by atoms with E-state index in [4.69, 9.17) is 47.4 Å². The van der Waals surface area contributed by atoms with Crippen LogP contribution in [-0.2, 0) is 52.2 Å². The summed E-state index contributed by atoms with van der Waals surface area (Å²) in [4.78, 5) is 99.4. The topological polar surface area (TPSA) is 325 Å². The highest BCUT2D eigenvalue weighted by Crippen LogP contribution is 2.16. The molecule has 0 aromatic rings. The van der Waals surface area contributed by atoms with Gasteiger partial charge < -0.3 is 89.9 Å². The molecule has 0 aromatic carbocycles. The number of hydrogen-bond donors (Lipinski definition) is 8. The second-order valence-corrected chi connectivity index (χ2v) is 23.5. The number of carbonyl (C=O) groups is 8. The van der Waals surface area contributed by atoms with Gasteiger partial charge in [-0.3, -0.25) is 4.79 Å². The number of unbranched alkanes of at least 4 members (excludes halogenated alkanes) is 9. The van der Waals surface area contributed by atoms with Gasteiger partial charge in [0.05, 0.1) is 31.6 Å². The first-order valence-corrected chi connectivity index (χ1v) is 29.3. The van der Waals surface area contributed by atoms with Crippen LogP contribution in [0.15, 0.2) is 12.3 Å². The van der Waals surface area contributed by atoms with Crippen LogP contribution in [-0.4, -0.2) is 174 Å². The van der Waals surface area contributed by atoms with E-state index in [0.717, 1.165) is 57.8 Å². The minimum absolute atomic E-state index is 0.0197. The van der Waals surface area contributed by atoms with Crippen LogP contribution >= 0.6 is 0 Å². The maximum absolute atomic E-state index is 12.6. The van der Waals surface area contributed by atoms with Gasteiger partial charge in [-0.15, -0.1) is 0 Å². The summed E-state index contributed by atoms with van der Waals surface area (Å²) >= 11 is 0. The molecule has 0 aliphatic heterocycles. The van der Waals surface area contributed by atoms with Crippen molar-refractivity contribution in [1.82, 2.24) is 42.5 Å². The zero-order valence-corrected chi connectivity index (χ0v) is 52.5. The average Bonchev–Trinajstić information content (AvgIpc) is 3.35. The molecule has 26 nitrogen and oxygen atoms in total. The van der Waals surface area contributed by atoms with E-state index in [1.54, 1.807) is 61.5 Å². The van der Waals surface area contributed by atoms with Gasteiger partial charge in [-0.25, -0.2) is 33.6 Å². The van der Waals surface area contributed by atoms with Crippen LogP contribution in [0, 0.1) is 0 Å². The highest BCUT2D eigenvalue weighted by Gasteiger charge is 2.26. The largest absolute Gasteiger partial charge is 0.499 e. The molecule has 8 N–H and O–H groups in total. The first kappa shape index (κ1) is 76.8. The molecule has 0 radical (unpaired) electrons. The summed E-state index contributed by atoms with van der Waals surface area (Å²) in [5, 5.41) is 21.7. The van der Waals surface area contributed by atoms with Gasteiger partial charge in [0.2, 0.25) is 0 Å². The van der Waals surface area contributed by atoms with Crippen molar-refractivity contribution in [3.63, 3.8) is 0 Å². The zero-order chi connectivity index (χ0) is 62.7. The number of nitrogens with one attached hydrogen (secondary N) is 8. The number of esters is 1. The van der Waals surface area contributed by atoms with Gasteiger partial charge in [0.25, 0.3) is 0 Å². The monoisotopic (exact) mass is 1190 g/mol. The number of hydrogen-bond acceptors (Lipinski definition) is 19. The molecule has 0 unspecified atom stereocenters. The summed E-state index contributed by atoms with van der Waals surface area (Å²) < 4.78 is 53.8. The van der Waals surface area contributed by atoms with E-state index in [1.165, 1.54) is 6.26 Å². The van der Waals surface area contributed by atoms with Crippen LogP contribution in [0.2, 0.25) is 0 Å². The van der Waals surface area contributed by atoms with E-state index in [1.807, 2.05) is 41.5 Å². The minimum Gasteiger partial charge on any atom is -0.499 e. The predicted molar refractivity (Wildman–Crippen MR) is 312 cm³/mol. The van der Waals surface area contributed by atoms with E-state index in [9.17, 15) is 38.4 Å². The molecule has 0 saturated carbocycles. The maximum atomic E-state index is 12.6. The van der Waals surface area contributed by atoms with E-state index >= 15 is 0 Å². The molecule has 26 heteroatoms. The Labute approximate surface area is 493 Å². The third-order valence-electron chi connectivity index (χ3n) is 10.9. The molecular formula is C57H106N8O18. The number of ether oxygens (including phenoxy) is 10. The fraction of sp³-hybridized carbons (Fsp3) is 0.825. The highest BCUT2D eigenvalue weighted by molar-refractivity contribution is 5.72. The van der Waals surface area contributed by atoms with Crippen LogP contribution in [0.1, 0.15) is 180 Å². The first-order valence-electron chi connectivity index (χ1n) is 29.3. The molecule has 0 rings (SSSR count). The summed E-state index contributed by atoms with van der Waals surface area (Å²) in [5.41, 5.74) is -3.08. The molecule has 0 aromatic heterocycles. The van der Waals surface area contributed by atoms with Crippen LogP contribution in [0.5, 0.6) is 0 Å². The molecule has 0 bridgehead atoms. The van der Waals surface area contributed by atoms with Crippen LogP contribution in [0.4, 0.5) is 33.6 Å². The molecule has 2 atom stereocenters. The Balaban J connectivity index is 4.53. The fourth-order valence-corrected chi connectivity index (χ4v) is 6.76. The van der Waals surface area contributed by atoms with Crippen LogP contribution in [0.25, 0.3) is 0 Å². The lowest BCUT2D eigenvalue weighted by Gasteiger charge is -2.25. The Morgan fingerprint density at radius 3 is 1.14 bits per heavy atom. The van der Waals surface area contributed by atoms with Crippen molar-refractivity contribution in [2.24, 2.45) is 0 Å². The van der Waals surface area contributed by atoms with Crippen molar-refractivity contribution >= 4 is 48.6 Å². The molecule has 0 aliphatic rings. The fourth-order valence-electron chi connectivity index (χ4n) is 6.76. The van der Waals surface area contributed by atoms with Crippen molar-refractivity contribution in [2.45, 2.75) is 227 Å². The molecule has 7 amide bonds. The Bertz CT molecular complexity index is 1890. The number of amides is 7. The normalized spacial score (nSPS) is 12.5. The summed E-state index contributed by atoms with van der Waals surface area (Å²) in [6, 6.07) is -1.79. The minimum atomic E-state index is -0.903. The van der Waals surface area contributed by atoms with Crippen molar-refractivity contribution in [2.75, 3.05) is 78.8 Å². The summed E-state index contributed by atoms with van der Waals surface area (Å²) in [7, 11) is 0. The lowest BCUT2D eigenvalue weighted by Crippen LogP contribution is -2.46. The maximum Gasteiger partial charge on any atom is 0.408 e. The van der Waals surface area contributed by atoms with E-state index < -0.39 is 83.1 Å². The lowest BCUT2D eigenvalue weighted by molar-refractivity contribution is -0.143. The second-order valence-electron chi connectivity index (χ2n) is 23.5. The number of carbonyl (C=O) groups excluding carboxylic acids is 8. The van der Waals surface area contributed by atoms with Gasteiger partial charge >= 0.3 is 48.6 Å². The van der Waals surface area contributed by atoms with Gasteiger partial charge in [0.15, 0.2) is 0 Å². The van der Waals surface area contributed by atoms with Crippen molar-refractivity contribution in [1.29, 1.82) is 0 Å². The molecule has 0 fully saturated rings. The van der Waals surface area contributed by atoms with E-state index in [0.29, 0.717) is 71.6 Å².